The van der Waals surface area contributed by atoms with E-state index < -0.39 is 0 Å². The molecule has 0 spiro atoms. The molecule has 0 amide bonds. The van der Waals surface area contributed by atoms with Crippen molar-refractivity contribution in [2.45, 2.75) is 37.7 Å². The third-order valence-electron chi connectivity index (χ3n) is 3.31. The zero-order valence-electron chi connectivity index (χ0n) is 12.9. The van der Waals surface area contributed by atoms with Crippen molar-refractivity contribution < 1.29 is 4.42 Å². The van der Waals surface area contributed by atoms with Crippen LogP contribution in [0.3, 0.4) is 0 Å². The average molecular weight is 350 g/mol. The molecule has 0 unspecified atom stereocenters. The Balaban J connectivity index is 1.70. The molecule has 3 aromatic rings. The van der Waals surface area contributed by atoms with Gasteiger partial charge >= 0.3 is 0 Å². The highest BCUT2D eigenvalue weighted by Crippen LogP contribution is 2.24. The summed E-state index contributed by atoms with van der Waals surface area (Å²) in [5.41, 5.74) is 0.850. The normalized spacial score (nSPS) is 11.1. The molecule has 0 aliphatic rings. The van der Waals surface area contributed by atoms with Gasteiger partial charge in [0.25, 0.3) is 0 Å². The predicted octanol–water partition coefficient (Wildman–Crippen LogP) is 3.86. The molecular formula is C15H16ClN5OS. The summed E-state index contributed by atoms with van der Waals surface area (Å²) in [6, 6.07) is 7.30. The second kappa shape index (κ2) is 7.14. The third-order valence-corrected chi connectivity index (χ3v) is 4.51. The molecule has 120 valence electrons. The molecule has 0 bridgehead atoms. The van der Waals surface area contributed by atoms with Crippen LogP contribution in [-0.4, -0.2) is 25.0 Å². The van der Waals surface area contributed by atoms with Crippen LogP contribution in [0, 0.1) is 0 Å². The Hall–Kier alpha value is -1.86. The van der Waals surface area contributed by atoms with Crippen molar-refractivity contribution in [1.29, 1.82) is 0 Å². The number of aryl methyl sites for hydroxylation is 1. The Morgan fingerprint density at radius 1 is 1.09 bits per heavy atom. The first-order chi connectivity index (χ1) is 11.2. The van der Waals surface area contributed by atoms with Crippen LogP contribution in [0.15, 0.2) is 33.8 Å². The fourth-order valence-electron chi connectivity index (χ4n) is 2.15. The Bertz CT molecular complexity index is 784. The van der Waals surface area contributed by atoms with E-state index in [1.54, 1.807) is 23.9 Å². The summed E-state index contributed by atoms with van der Waals surface area (Å²) in [6.45, 7) is 5.00. The van der Waals surface area contributed by atoms with E-state index in [0.717, 1.165) is 29.5 Å². The minimum atomic E-state index is 0.489. The number of thioether (sulfide) groups is 1. The van der Waals surface area contributed by atoms with Gasteiger partial charge < -0.3 is 8.98 Å². The molecule has 0 atom stereocenters. The van der Waals surface area contributed by atoms with Gasteiger partial charge in [-0.3, -0.25) is 0 Å². The largest absolute Gasteiger partial charge is 0.420 e. The molecule has 23 heavy (non-hydrogen) atoms. The summed E-state index contributed by atoms with van der Waals surface area (Å²) in [7, 11) is 0. The average Bonchev–Trinajstić information content (AvgIpc) is 3.19. The van der Waals surface area contributed by atoms with Gasteiger partial charge in [-0.25, -0.2) is 0 Å². The van der Waals surface area contributed by atoms with Gasteiger partial charge in [0.05, 0.1) is 5.75 Å². The Kier molecular flexibility index (Phi) is 4.97. The first kappa shape index (κ1) is 16.0. The monoisotopic (exact) mass is 349 g/mol. The van der Waals surface area contributed by atoms with Gasteiger partial charge in [0.15, 0.2) is 5.16 Å². The van der Waals surface area contributed by atoms with Crippen LogP contribution in [0.5, 0.6) is 0 Å². The summed E-state index contributed by atoms with van der Waals surface area (Å²) in [4.78, 5) is 0. The highest BCUT2D eigenvalue weighted by atomic mass is 35.5. The molecule has 8 heteroatoms. The van der Waals surface area contributed by atoms with Gasteiger partial charge in [-0.2, -0.15) is 0 Å². The Morgan fingerprint density at radius 2 is 1.87 bits per heavy atom. The first-order valence-corrected chi connectivity index (χ1v) is 8.70. The fourth-order valence-corrected chi connectivity index (χ4v) is 3.14. The molecule has 0 aliphatic carbocycles. The van der Waals surface area contributed by atoms with Crippen LogP contribution < -0.4 is 0 Å². The van der Waals surface area contributed by atoms with E-state index in [4.69, 9.17) is 16.0 Å². The van der Waals surface area contributed by atoms with Crippen molar-refractivity contribution in [3.63, 3.8) is 0 Å². The van der Waals surface area contributed by atoms with Crippen molar-refractivity contribution in [3.8, 4) is 11.5 Å². The van der Waals surface area contributed by atoms with Crippen molar-refractivity contribution in [2.75, 3.05) is 0 Å². The lowest BCUT2D eigenvalue weighted by atomic mass is 10.2. The smallest absolute Gasteiger partial charge is 0.247 e. The molecule has 2 aromatic heterocycles. The summed E-state index contributed by atoms with van der Waals surface area (Å²) >= 11 is 7.42. The van der Waals surface area contributed by atoms with E-state index in [2.05, 4.69) is 38.8 Å². The first-order valence-electron chi connectivity index (χ1n) is 7.34. The molecule has 0 radical (unpaired) electrons. The topological polar surface area (TPSA) is 69.6 Å². The standard InChI is InChI=1S/C15H16ClN5OS/c1-3-12-17-20-15(21(12)4-2)23-9-13-18-19-14(22-13)10-5-7-11(16)8-6-10/h5-8H,3-4,9H2,1-2H3. The van der Waals surface area contributed by atoms with Crippen LogP contribution in [-0.2, 0) is 18.7 Å². The van der Waals surface area contributed by atoms with Gasteiger partial charge in [-0.15, -0.1) is 20.4 Å². The van der Waals surface area contributed by atoms with Gasteiger partial charge in [0, 0.05) is 23.6 Å². The number of hydrogen-bond acceptors (Lipinski definition) is 6. The highest BCUT2D eigenvalue weighted by molar-refractivity contribution is 7.98. The van der Waals surface area contributed by atoms with Gasteiger partial charge in [0.2, 0.25) is 11.8 Å². The van der Waals surface area contributed by atoms with Crippen molar-refractivity contribution in [2.24, 2.45) is 0 Å². The van der Waals surface area contributed by atoms with Crippen molar-refractivity contribution in [1.82, 2.24) is 25.0 Å². The lowest BCUT2D eigenvalue weighted by Gasteiger charge is -2.04. The quantitative estimate of drug-likeness (QED) is 0.629. The number of rotatable bonds is 6. The van der Waals surface area contributed by atoms with Crippen LogP contribution in [0.25, 0.3) is 11.5 Å². The lowest BCUT2D eigenvalue weighted by Crippen LogP contribution is -2.02. The lowest BCUT2D eigenvalue weighted by molar-refractivity contribution is 0.528. The molecule has 0 N–H and O–H groups in total. The zero-order valence-corrected chi connectivity index (χ0v) is 14.4. The Morgan fingerprint density at radius 3 is 2.57 bits per heavy atom. The third kappa shape index (κ3) is 3.56. The molecule has 1 aromatic carbocycles. The van der Waals surface area contributed by atoms with Gasteiger partial charge in [0.1, 0.15) is 5.82 Å². The van der Waals surface area contributed by atoms with E-state index in [0.29, 0.717) is 22.6 Å². The second-order valence-corrected chi connectivity index (χ2v) is 6.17. The van der Waals surface area contributed by atoms with Crippen LogP contribution in [0.2, 0.25) is 5.02 Å². The summed E-state index contributed by atoms with van der Waals surface area (Å²) < 4.78 is 7.79. The fraction of sp³-hybridized carbons (Fsp3) is 0.333. The van der Waals surface area contributed by atoms with E-state index >= 15 is 0 Å². The Labute approximate surface area is 143 Å². The summed E-state index contributed by atoms with van der Waals surface area (Å²) in [5, 5.41) is 18.1. The maximum atomic E-state index is 5.88. The molecule has 3 rings (SSSR count). The number of halogens is 1. The van der Waals surface area contributed by atoms with Crippen LogP contribution >= 0.6 is 23.4 Å². The highest BCUT2D eigenvalue weighted by Gasteiger charge is 2.13. The molecule has 0 saturated carbocycles. The minimum absolute atomic E-state index is 0.489. The predicted molar refractivity (Wildman–Crippen MR) is 89.4 cm³/mol. The minimum Gasteiger partial charge on any atom is -0.420 e. The van der Waals surface area contributed by atoms with Crippen molar-refractivity contribution in [3.05, 3.63) is 41.0 Å². The molecule has 0 aliphatic heterocycles. The molecular weight excluding hydrogens is 334 g/mol. The van der Waals surface area contributed by atoms with Crippen LogP contribution in [0.4, 0.5) is 0 Å². The van der Waals surface area contributed by atoms with E-state index in [1.165, 1.54) is 0 Å². The SMILES string of the molecule is CCc1nnc(SCc2nnc(-c3ccc(Cl)cc3)o2)n1CC. The number of benzene rings is 1. The maximum absolute atomic E-state index is 5.88. The number of hydrogen-bond donors (Lipinski definition) is 0. The second-order valence-electron chi connectivity index (χ2n) is 4.79. The zero-order chi connectivity index (χ0) is 16.2. The summed E-state index contributed by atoms with van der Waals surface area (Å²) in [5.74, 6) is 2.59. The van der Waals surface area contributed by atoms with Crippen LogP contribution in [0.1, 0.15) is 25.6 Å². The van der Waals surface area contributed by atoms with E-state index in [9.17, 15) is 0 Å². The van der Waals surface area contributed by atoms with E-state index in [1.807, 2.05) is 12.1 Å². The van der Waals surface area contributed by atoms with Gasteiger partial charge in [-0.05, 0) is 31.2 Å². The van der Waals surface area contributed by atoms with Crippen molar-refractivity contribution >= 4 is 23.4 Å². The van der Waals surface area contributed by atoms with Gasteiger partial charge in [-0.1, -0.05) is 30.3 Å². The number of nitrogens with zero attached hydrogens (tertiary/aromatic N) is 5. The molecule has 0 saturated heterocycles. The molecule has 0 fully saturated rings. The molecule has 2 heterocycles. The summed E-state index contributed by atoms with van der Waals surface area (Å²) in [6.07, 6.45) is 0.864. The molecule has 6 nitrogen and oxygen atoms in total. The number of aromatic nitrogens is 5. The maximum Gasteiger partial charge on any atom is 0.247 e. The van der Waals surface area contributed by atoms with E-state index in [-0.39, 0.29) is 0 Å².